The number of allylic oxidation sites excluding steroid dienone is 1. The number of esters is 1. The van der Waals surface area contributed by atoms with E-state index in [1.165, 1.54) is 6.92 Å². The number of hydrogen-bond acceptors (Lipinski definition) is 4. The number of carbonyl (C=O) groups is 1. The van der Waals surface area contributed by atoms with Crippen LogP contribution in [0.1, 0.15) is 39.8 Å². The van der Waals surface area contributed by atoms with Crippen LogP contribution in [-0.2, 0) is 19.6 Å². The zero-order valence-electron chi connectivity index (χ0n) is 21.6. The van der Waals surface area contributed by atoms with Crippen molar-refractivity contribution in [2.75, 3.05) is 11.3 Å². The summed E-state index contributed by atoms with van der Waals surface area (Å²) in [5.41, 5.74) is -2.36. The molecule has 1 N–H and O–H groups in total. The van der Waals surface area contributed by atoms with Crippen LogP contribution < -0.4 is 4.72 Å². The molecule has 0 unspecified atom stereocenters. The summed E-state index contributed by atoms with van der Waals surface area (Å²) in [4.78, 5) is 12.5. The van der Waals surface area contributed by atoms with E-state index in [9.17, 15) is 17.6 Å². The van der Waals surface area contributed by atoms with Gasteiger partial charge in [-0.2, -0.15) is 0 Å². The predicted molar refractivity (Wildman–Crippen MR) is 86.3 cm³/mol. The quantitative estimate of drug-likeness (QED) is 0.806. The van der Waals surface area contributed by atoms with E-state index in [0.717, 1.165) is 0 Å². The van der Waals surface area contributed by atoms with Crippen molar-refractivity contribution in [1.29, 1.82) is 0 Å². The number of carbonyl (C=O) groups excluding carboxylic acids is 1. The van der Waals surface area contributed by atoms with Gasteiger partial charge in [-0.25, -0.2) is 17.6 Å². The van der Waals surface area contributed by atoms with Gasteiger partial charge in [0.05, 0.1) is 28.4 Å². The van der Waals surface area contributed by atoms with Crippen molar-refractivity contribution < 1.29 is 36.0 Å². The lowest BCUT2D eigenvalue weighted by Crippen LogP contribution is -2.34. The van der Waals surface area contributed by atoms with Gasteiger partial charge in [-0.15, -0.1) is 0 Å². The van der Waals surface area contributed by atoms with Crippen molar-refractivity contribution in [3.63, 3.8) is 0 Å². The zero-order valence-corrected chi connectivity index (χ0v) is 13.2. The van der Waals surface area contributed by atoms with Crippen molar-refractivity contribution in [1.82, 2.24) is 0 Å². The maximum Gasteiger partial charge on any atom is 0.335 e. The van der Waals surface area contributed by atoms with Crippen LogP contribution in [0.5, 0.6) is 0 Å². The average Bonchev–Trinajstić information content (AvgIpc) is 2.70. The minimum atomic E-state index is -5.41. The third-order valence-corrected chi connectivity index (χ3v) is 4.26. The van der Waals surface area contributed by atoms with Crippen LogP contribution in [0, 0.1) is 5.82 Å². The first-order valence-corrected chi connectivity index (χ1v) is 8.06. The van der Waals surface area contributed by atoms with Crippen LogP contribution in [0.25, 0.3) is 0 Å². The standard InChI is InChI=1S/C15H17ClFNO4S/c1-2-22-15(19)11-5-3-4-6-14(11)23(20,21)18-13-8-7-10(17)9-12(13)16/h5,7-9,14,18H,2-4,6H2,1H3/t14-/m1/s1/i3D2,4D2,5D,6D2,7D,8D,9D. The van der Waals surface area contributed by atoms with E-state index in [1.807, 2.05) is 0 Å². The Balaban J connectivity index is 2.86. The molecule has 0 saturated heterocycles. The Bertz CT molecular complexity index is 1130. The molecule has 0 spiro atoms. The second kappa shape index (κ2) is 7.31. The molecule has 1 atom stereocenters. The Hall–Kier alpha value is -1.60. The largest absolute Gasteiger partial charge is 0.463 e. The molecule has 23 heavy (non-hydrogen) atoms. The molecule has 2 rings (SSSR count). The van der Waals surface area contributed by atoms with Crippen LogP contribution in [0.15, 0.2) is 29.8 Å². The van der Waals surface area contributed by atoms with Crippen LogP contribution in [0.3, 0.4) is 0 Å². The van der Waals surface area contributed by atoms with Crippen LogP contribution in [0.2, 0.25) is 5.02 Å². The minimum absolute atomic E-state index is 0.375. The number of ether oxygens (including phenoxy) is 1. The van der Waals surface area contributed by atoms with Crippen molar-refractivity contribution in [3.05, 3.63) is 40.6 Å². The molecule has 1 aliphatic carbocycles. The summed E-state index contributed by atoms with van der Waals surface area (Å²) in [6.07, 6.45) is -10.8. The molecule has 0 aromatic heterocycles. The summed E-state index contributed by atoms with van der Waals surface area (Å²) in [6.45, 7) is 0.922. The summed E-state index contributed by atoms with van der Waals surface area (Å²) >= 11 is 5.74. The van der Waals surface area contributed by atoms with Gasteiger partial charge in [-0.1, -0.05) is 17.7 Å². The lowest BCUT2D eigenvalue weighted by atomic mass is 9.99. The predicted octanol–water partition coefficient (Wildman–Crippen LogP) is 3.26. The first-order chi connectivity index (χ1) is 14.8. The molecule has 1 aromatic carbocycles. The molecule has 0 fully saturated rings. The number of benzene rings is 1. The fourth-order valence-corrected chi connectivity index (χ4v) is 3.04. The molecule has 0 amide bonds. The maximum atomic E-state index is 13.8. The van der Waals surface area contributed by atoms with Crippen LogP contribution >= 0.6 is 11.6 Å². The van der Waals surface area contributed by atoms with E-state index < -0.39 is 86.6 Å². The number of rotatable bonds is 5. The van der Waals surface area contributed by atoms with Gasteiger partial charge in [0.2, 0.25) is 10.0 Å². The highest BCUT2D eigenvalue weighted by molar-refractivity contribution is 7.93. The van der Waals surface area contributed by atoms with Gasteiger partial charge >= 0.3 is 5.97 Å². The molecule has 5 nitrogen and oxygen atoms in total. The third kappa shape index (κ3) is 4.23. The molecule has 0 bridgehead atoms. The molecular formula is C15H17ClFNO4S. The second-order valence-corrected chi connectivity index (χ2v) is 6.20. The molecule has 0 radical (unpaired) electrons. The van der Waals surface area contributed by atoms with E-state index in [1.54, 1.807) is 4.72 Å². The highest BCUT2D eigenvalue weighted by atomic mass is 35.5. The van der Waals surface area contributed by atoms with Gasteiger partial charge in [0.15, 0.2) is 0 Å². The van der Waals surface area contributed by atoms with Crippen LogP contribution in [-0.4, -0.2) is 26.2 Å². The van der Waals surface area contributed by atoms with E-state index in [4.69, 9.17) is 25.3 Å². The Morgan fingerprint density at radius 2 is 2.35 bits per heavy atom. The topological polar surface area (TPSA) is 72.5 Å². The van der Waals surface area contributed by atoms with E-state index >= 15 is 0 Å². The molecule has 1 aromatic rings. The molecular weight excluding hydrogens is 345 g/mol. The van der Waals surface area contributed by atoms with Crippen molar-refractivity contribution in [2.24, 2.45) is 0 Å². The van der Waals surface area contributed by atoms with E-state index in [-0.39, 0.29) is 6.61 Å². The first-order valence-electron chi connectivity index (χ1n) is 11.1. The number of hydrogen-bond donors (Lipinski definition) is 1. The van der Waals surface area contributed by atoms with Gasteiger partial charge in [0, 0.05) is 8.22 Å². The van der Waals surface area contributed by atoms with Crippen LogP contribution in [0.4, 0.5) is 10.1 Å². The lowest BCUT2D eigenvalue weighted by Gasteiger charge is -2.24. The smallest absolute Gasteiger partial charge is 0.335 e. The van der Waals surface area contributed by atoms with Gasteiger partial charge in [-0.05, 0) is 44.2 Å². The summed E-state index contributed by atoms with van der Waals surface area (Å²) in [6, 6.07) is -4.99. The Morgan fingerprint density at radius 1 is 1.61 bits per heavy atom. The minimum Gasteiger partial charge on any atom is -0.463 e. The highest BCUT2D eigenvalue weighted by Gasteiger charge is 2.35. The third-order valence-electron chi connectivity index (χ3n) is 2.51. The Kier molecular flexibility index (Phi) is 2.70. The molecule has 0 aliphatic heterocycles. The fraction of sp³-hybridized carbons (Fsp3) is 0.400. The molecule has 126 valence electrons. The number of halogens is 2. The second-order valence-electron chi connectivity index (χ2n) is 4.06. The molecule has 8 heteroatoms. The van der Waals surface area contributed by atoms with E-state index in [0.29, 0.717) is 0 Å². The van der Waals surface area contributed by atoms with Crippen molar-refractivity contribution >= 4 is 33.3 Å². The highest BCUT2D eigenvalue weighted by Crippen LogP contribution is 2.30. The lowest BCUT2D eigenvalue weighted by molar-refractivity contribution is -0.138. The summed E-state index contributed by atoms with van der Waals surface area (Å²) in [5.74, 6) is -3.13. The van der Waals surface area contributed by atoms with Gasteiger partial charge in [0.1, 0.15) is 11.1 Å². The first kappa shape index (κ1) is 8.48. The van der Waals surface area contributed by atoms with E-state index in [2.05, 4.69) is 4.74 Å². The summed E-state index contributed by atoms with van der Waals surface area (Å²) in [7, 11) is -5.41. The number of sulfonamides is 1. The SMILES string of the molecule is [2H]C1=C(C(=O)OCC)[C@H](S(=O)(=O)Nc2c([2H])c([2H])c(F)c([2H])c2Cl)C([2H])([2H])C([2H])([2H])C1([2H])[2H]. The fourth-order valence-electron chi connectivity index (χ4n) is 1.57. The van der Waals surface area contributed by atoms with Gasteiger partial charge in [-0.3, -0.25) is 4.72 Å². The number of nitrogens with one attached hydrogen (secondary N) is 1. The normalized spacial score (nSPS) is 31.5. The molecule has 1 aliphatic rings. The number of anilines is 1. The van der Waals surface area contributed by atoms with Gasteiger partial charge < -0.3 is 4.74 Å². The molecule has 0 saturated carbocycles. The summed E-state index contributed by atoms with van der Waals surface area (Å²) < 4.78 is 125. The average molecular weight is 372 g/mol. The summed E-state index contributed by atoms with van der Waals surface area (Å²) in [5, 5.41) is -3.86. The molecule has 0 heterocycles. The zero-order chi connectivity index (χ0) is 25.9. The van der Waals surface area contributed by atoms with Crippen molar-refractivity contribution in [3.8, 4) is 0 Å². The van der Waals surface area contributed by atoms with Crippen molar-refractivity contribution in [2.45, 2.75) is 31.3 Å². The monoisotopic (exact) mass is 371 g/mol. The van der Waals surface area contributed by atoms with Gasteiger partial charge in [0.25, 0.3) is 0 Å². The Labute approximate surface area is 153 Å². The maximum absolute atomic E-state index is 13.8. The Morgan fingerprint density at radius 3 is 3.04 bits per heavy atom.